The summed E-state index contributed by atoms with van der Waals surface area (Å²) in [5.41, 5.74) is 3.87. The van der Waals surface area contributed by atoms with Crippen LogP contribution in [0.25, 0.3) is 0 Å². The minimum Gasteiger partial charge on any atom is -0.387 e. The molecule has 1 fully saturated rings. The molecule has 0 heterocycles. The standard InChI is InChI=1S/C34H36O6/c35-29-30(36)32(38-22-26-15-7-2-8-16-26)34(40-24-28-19-11-4-12-20-28)33(39-23-27-17-9-3-10-18-27)31(29)37-21-25-13-5-1-6-14-25/h1-20,29-36H,21-24H2/t29-,30+,31?,32?,33-,34?/m0/s1. The lowest BCUT2D eigenvalue weighted by Crippen LogP contribution is -2.66. The number of hydrogen-bond donors (Lipinski definition) is 2. The lowest BCUT2D eigenvalue weighted by atomic mass is 9.84. The van der Waals surface area contributed by atoms with Crippen LogP contribution >= 0.6 is 0 Å². The molecule has 40 heavy (non-hydrogen) atoms. The zero-order valence-electron chi connectivity index (χ0n) is 22.4. The number of aliphatic hydroxyl groups excluding tert-OH is 2. The Bertz CT molecular complexity index is 1150. The Labute approximate surface area is 235 Å². The summed E-state index contributed by atoms with van der Waals surface area (Å²) in [6, 6.07) is 39.1. The first kappa shape index (κ1) is 28.2. The van der Waals surface area contributed by atoms with Crippen molar-refractivity contribution in [3.63, 3.8) is 0 Å². The fraction of sp³-hybridized carbons (Fsp3) is 0.294. The molecular formula is C34H36O6. The van der Waals surface area contributed by atoms with Crippen LogP contribution in [0.4, 0.5) is 0 Å². The Kier molecular flexibility index (Phi) is 10.1. The van der Waals surface area contributed by atoms with Gasteiger partial charge in [-0.15, -0.1) is 0 Å². The van der Waals surface area contributed by atoms with E-state index in [1.807, 2.05) is 121 Å². The van der Waals surface area contributed by atoms with E-state index < -0.39 is 36.6 Å². The molecule has 0 aliphatic heterocycles. The Hall–Kier alpha value is -3.36. The second-order valence-electron chi connectivity index (χ2n) is 10.0. The molecule has 0 bridgehead atoms. The SMILES string of the molecule is O[C@@H]1C(OCc2ccccc2)[C@H](OCc2ccccc2)C(OCc2ccccc2)C(OCc2ccccc2)[C@@H]1O. The quantitative estimate of drug-likeness (QED) is 0.262. The fourth-order valence-electron chi connectivity index (χ4n) is 4.98. The highest BCUT2D eigenvalue weighted by atomic mass is 16.6. The van der Waals surface area contributed by atoms with Gasteiger partial charge in [0, 0.05) is 0 Å². The van der Waals surface area contributed by atoms with Crippen molar-refractivity contribution in [3.05, 3.63) is 144 Å². The summed E-state index contributed by atoms with van der Waals surface area (Å²) >= 11 is 0. The molecule has 0 amide bonds. The highest BCUT2D eigenvalue weighted by Gasteiger charge is 2.52. The van der Waals surface area contributed by atoms with Crippen LogP contribution in [0.15, 0.2) is 121 Å². The smallest absolute Gasteiger partial charge is 0.116 e. The Morgan fingerprint density at radius 3 is 0.825 bits per heavy atom. The van der Waals surface area contributed by atoms with Gasteiger partial charge in [-0.05, 0) is 22.3 Å². The van der Waals surface area contributed by atoms with Gasteiger partial charge < -0.3 is 29.2 Å². The zero-order chi connectivity index (χ0) is 27.6. The number of aliphatic hydroxyl groups is 2. The Balaban J connectivity index is 1.42. The van der Waals surface area contributed by atoms with Crippen molar-refractivity contribution in [2.75, 3.05) is 0 Å². The molecule has 2 N–H and O–H groups in total. The Morgan fingerprint density at radius 1 is 0.350 bits per heavy atom. The monoisotopic (exact) mass is 540 g/mol. The number of hydrogen-bond acceptors (Lipinski definition) is 6. The van der Waals surface area contributed by atoms with Gasteiger partial charge in [0.25, 0.3) is 0 Å². The second-order valence-corrected chi connectivity index (χ2v) is 10.0. The molecule has 1 saturated carbocycles. The first-order chi connectivity index (χ1) is 19.7. The molecule has 0 spiro atoms. The topological polar surface area (TPSA) is 77.4 Å². The second kappa shape index (κ2) is 14.3. The number of benzene rings is 4. The minimum atomic E-state index is -1.25. The van der Waals surface area contributed by atoms with E-state index in [1.54, 1.807) is 0 Å². The lowest BCUT2D eigenvalue weighted by Gasteiger charge is -2.47. The molecule has 0 aromatic heterocycles. The Morgan fingerprint density at radius 2 is 0.575 bits per heavy atom. The van der Waals surface area contributed by atoms with Crippen molar-refractivity contribution in [2.45, 2.75) is 63.1 Å². The molecule has 3 unspecified atom stereocenters. The van der Waals surface area contributed by atoms with Gasteiger partial charge in [-0.25, -0.2) is 0 Å². The van der Waals surface area contributed by atoms with Gasteiger partial charge in [0.15, 0.2) is 0 Å². The number of rotatable bonds is 12. The summed E-state index contributed by atoms with van der Waals surface area (Å²) in [4.78, 5) is 0. The van der Waals surface area contributed by atoms with Crippen molar-refractivity contribution in [3.8, 4) is 0 Å². The molecule has 0 saturated heterocycles. The van der Waals surface area contributed by atoms with Crippen molar-refractivity contribution in [1.29, 1.82) is 0 Å². The predicted octanol–water partition coefficient (Wildman–Crippen LogP) is 5.06. The van der Waals surface area contributed by atoms with E-state index >= 15 is 0 Å². The number of ether oxygens (including phenoxy) is 4. The average molecular weight is 541 g/mol. The van der Waals surface area contributed by atoms with E-state index in [2.05, 4.69) is 0 Å². The van der Waals surface area contributed by atoms with Crippen molar-refractivity contribution >= 4 is 0 Å². The molecule has 1 aliphatic rings. The zero-order valence-corrected chi connectivity index (χ0v) is 22.4. The van der Waals surface area contributed by atoms with E-state index in [9.17, 15) is 10.2 Å². The predicted molar refractivity (Wildman–Crippen MR) is 152 cm³/mol. The van der Waals surface area contributed by atoms with Crippen LogP contribution in [0.5, 0.6) is 0 Å². The van der Waals surface area contributed by atoms with Crippen molar-refractivity contribution < 1.29 is 29.2 Å². The molecule has 5 rings (SSSR count). The molecule has 6 heteroatoms. The summed E-state index contributed by atoms with van der Waals surface area (Å²) in [6.07, 6.45) is -5.63. The van der Waals surface area contributed by atoms with Gasteiger partial charge in [0.2, 0.25) is 0 Å². The van der Waals surface area contributed by atoms with E-state index in [-0.39, 0.29) is 26.4 Å². The van der Waals surface area contributed by atoms with E-state index in [1.165, 1.54) is 0 Å². The summed E-state index contributed by atoms with van der Waals surface area (Å²) in [7, 11) is 0. The first-order valence-electron chi connectivity index (χ1n) is 13.7. The van der Waals surface area contributed by atoms with Crippen LogP contribution in [0.3, 0.4) is 0 Å². The minimum absolute atomic E-state index is 0.251. The van der Waals surface area contributed by atoms with Crippen LogP contribution in [-0.4, -0.2) is 46.8 Å². The van der Waals surface area contributed by atoms with Crippen LogP contribution in [0.2, 0.25) is 0 Å². The van der Waals surface area contributed by atoms with Gasteiger partial charge in [-0.3, -0.25) is 0 Å². The molecule has 4 aromatic rings. The normalized spacial score (nSPS) is 24.6. The maximum atomic E-state index is 11.4. The molecule has 208 valence electrons. The van der Waals surface area contributed by atoms with Gasteiger partial charge in [-0.2, -0.15) is 0 Å². The fourth-order valence-corrected chi connectivity index (χ4v) is 4.98. The molecule has 6 atom stereocenters. The van der Waals surface area contributed by atoms with Gasteiger partial charge in [0.05, 0.1) is 26.4 Å². The summed E-state index contributed by atoms with van der Waals surface area (Å²) in [5.74, 6) is 0. The maximum absolute atomic E-state index is 11.4. The highest BCUT2D eigenvalue weighted by Crippen LogP contribution is 2.32. The molecule has 6 nitrogen and oxygen atoms in total. The highest BCUT2D eigenvalue weighted by molar-refractivity contribution is 5.17. The van der Waals surface area contributed by atoms with E-state index in [4.69, 9.17) is 18.9 Å². The van der Waals surface area contributed by atoms with Crippen molar-refractivity contribution in [2.24, 2.45) is 0 Å². The van der Waals surface area contributed by atoms with Gasteiger partial charge >= 0.3 is 0 Å². The largest absolute Gasteiger partial charge is 0.387 e. The molecule has 0 radical (unpaired) electrons. The van der Waals surface area contributed by atoms with Crippen LogP contribution in [0, 0.1) is 0 Å². The third-order valence-electron chi connectivity index (χ3n) is 7.14. The van der Waals surface area contributed by atoms with E-state index in [0.717, 1.165) is 22.3 Å². The molecular weight excluding hydrogens is 504 g/mol. The molecule has 4 aromatic carbocycles. The van der Waals surface area contributed by atoms with E-state index in [0.29, 0.717) is 0 Å². The van der Waals surface area contributed by atoms with Crippen LogP contribution in [-0.2, 0) is 45.4 Å². The van der Waals surface area contributed by atoms with Crippen molar-refractivity contribution in [1.82, 2.24) is 0 Å². The van der Waals surface area contributed by atoms with Gasteiger partial charge in [0.1, 0.15) is 36.6 Å². The summed E-state index contributed by atoms with van der Waals surface area (Å²) in [5, 5.41) is 22.7. The average Bonchev–Trinajstić information content (AvgIpc) is 3.01. The molecule has 1 aliphatic carbocycles. The third-order valence-corrected chi connectivity index (χ3v) is 7.14. The lowest BCUT2D eigenvalue weighted by molar-refractivity contribution is -0.273. The first-order valence-corrected chi connectivity index (χ1v) is 13.7. The third kappa shape index (κ3) is 7.43. The van der Waals surface area contributed by atoms with Crippen LogP contribution < -0.4 is 0 Å². The summed E-state index contributed by atoms with van der Waals surface area (Å²) < 4.78 is 25.5. The summed E-state index contributed by atoms with van der Waals surface area (Å²) in [6.45, 7) is 1.08. The van der Waals surface area contributed by atoms with Crippen LogP contribution in [0.1, 0.15) is 22.3 Å². The van der Waals surface area contributed by atoms with Gasteiger partial charge in [-0.1, -0.05) is 121 Å². The maximum Gasteiger partial charge on any atom is 0.116 e.